The summed E-state index contributed by atoms with van der Waals surface area (Å²) in [5, 5.41) is 0. The summed E-state index contributed by atoms with van der Waals surface area (Å²) in [5.41, 5.74) is 1.24. The number of unbranched alkanes of at least 4 members (excludes halogenated alkanes) is 6. The average Bonchev–Trinajstić information content (AvgIpc) is 2.46. The van der Waals surface area contributed by atoms with Crippen molar-refractivity contribution in [1.29, 1.82) is 0 Å². The van der Waals surface area contributed by atoms with Gasteiger partial charge < -0.3 is 4.74 Å². The van der Waals surface area contributed by atoms with Crippen LogP contribution in [0.1, 0.15) is 57.4 Å². The van der Waals surface area contributed by atoms with Gasteiger partial charge >= 0.3 is 0 Å². The highest BCUT2D eigenvalue weighted by molar-refractivity contribution is 5.48. The first kappa shape index (κ1) is 16.0. The van der Waals surface area contributed by atoms with E-state index in [4.69, 9.17) is 4.74 Å². The molecule has 0 aliphatic carbocycles. The maximum Gasteiger partial charge on any atom is 0.0650 e. The number of ether oxygens (including phenoxy) is 1. The first-order chi connectivity index (χ1) is 9.43. The molecule has 1 heteroatoms. The van der Waals surface area contributed by atoms with Crippen LogP contribution in [0.5, 0.6) is 0 Å². The van der Waals surface area contributed by atoms with Crippen LogP contribution in [-0.2, 0) is 4.74 Å². The smallest absolute Gasteiger partial charge is 0.0650 e. The van der Waals surface area contributed by atoms with Crippen molar-refractivity contribution in [2.24, 2.45) is 0 Å². The molecule has 0 aliphatic rings. The third kappa shape index (κ3) is 9.49. The molecule has 0 atom stereocenters. The molecule has 0 bridgehead atoms. The van der Waals surface area contributed by atoms with Gasteiger partial charge in [0, 0.05) is 6.61 Å². The summed E-state index contributed by atoms with van der Waals surface area (Å²) in [6.07, 6.45) is 13.6. The van der Waals surface area contributed by atoms with Gasteiger partial charge in [-0.15, -0.1) is 0 Å². The molecule has 1 aromatic rings. The third-order valence-electron chi connectivity index (χ3n) is 3.22. The summed E-state index contributed by atoms with van der Waals surface area (Å²) in [6, 6.07) is 10.4. The molecule has 1 rings (SSSR count). The second-order valence-corrected chi connectivity index (χ2v) is 5.01. The Kier molecular flexibility index (Phi) is 10.1. The van der Waals surface area contributed by atoms with Crippen LogP contribution in [0, 0.1) is 0 Å². The summed E-state index contributed by atoms with van der Waals surface area (Å²) in [4.78, 5) is 0. The van der Waals surface area contributed by atoms with Gasteiger partial charge in [-0.1, -0.05) is 87.9 Å². The summed E-state index contributed by atoms with van der Waals surface area (Å²) < 4.78 is 5.60. The van der Waals surface area contributed by atoms with E-state index >= 15 is 0 Å². The molecular formula is C18H28O. The molecule has 0 heterocycles. The molecule has 0 amide bonds. The van der Waals surface area contributed by atoms with E-state index in [2.05, 4.69) is 43.3 Å². The molecule has 19 heavy (non-hydrogen) atoms. The van der Waals surface area contributed by atoms with Crippen molar-refractivity contribution < 1.29 is 4.74 Å². The predicted molar refractivity (Wildman–Crippen MR) is 84.3 cm³/mol. The molecule has 1 nitrogen and oxygen atoms in total. The van der Waals surface area contributed by atoms with Crippen molar-refractivity contribution in [3.63, 3.8) is 0 Å². The van der Waals surface area contributed by atoms with Crippen LogP contribution < -0.4 is 0 Å². The standard InChI is InChI=1S/C18H28O/c1-2-3-4-5-6-7-11-16-19-17-12-15-18-13-9-8-10-14-18/h8-10,12-15H,2-7,11,16-17H2,1H3. The molecule has 0 saturated heterocycles. The average molecular weight is 260 g/mol. The lowest BCUT2D eigenvalue weighted by Crippen LogP contribution is -1.94. The van der Waals surface area contributed by atoms with Gasteiger partial charge in [-0.25, -0.2) is 0 Å². The lowest BCUT2D eigenvalue weighted by molar-refractivity contribution is 0.157. The highest BCUT2D eigenvalue weighted by Crippen LogP contribution is 2.07. The minimum atomic E-state index is 0.727. The van der Waals surface area contributed by atoms with Crippen molar-refractivity contribution in [1.82, 2.24) is 0 Å². The van der Waals surface area contributed by atoms with E-state index in [1.54, 1.807) is 0 Å². The zero-order valence-corrected chi connectivity index (χ0v) is 12.3. The molecule has 0 fully saturated rings. The van der Waals surface area contributed by atoms with Crippen LogP contribution in [0.15, 0.2) is 36.4 Å². The fourth-order valence-electron chi connectivity index (χ4n) is 2.06. The van der Waals surface area contributed by atoms with Crippen LogP contribution in [0.3, 0.4) is 0 Å². The second-order valence-electron chi connectivity index (χ2n) is 5.01. The summed E-state index contributed by atoms with van der Waals surface area (Å²) in [5.74, 6) is 0. The minimum Gasteiger partial charge on any atom is -0.377 e. The van der Waals surface area contributed by atoms with Gasteiger partial charge in [0.05, 0.1) is 6.61 Å². The summed E-state index contributed by atoms with van der Waals surface area (Å²) in [7, 11) is 0. The van der Waals surface area contributed by atoms with Crippen molar-refractivity contribution in [2.75, 3.05) is 13.2 Å². The van der Waals surface area contributed by atoms with Crippen LogP contribution in [-0.4, -0.2) is 13.2 Å². The fourth-order valence-corrected chi connectivity index (χ4v) is 2.06. The monoisotopic (exact) mass is 260 g/mol. The van der Waals surface area contributed by atoms with E-state index in [1.807, 2.05) is 6.07 Å². The SMILES string of the molecule is CCCCCCCCCOCC=Cc1ccccc1. The summed E-state index contributed by atoms with van der Waals surface area (Å²) in [6.45, 7) is 3.88. The first-order valence-corrected chi connectivity index (χ1v) is 7.73. The molecule has 0 unspecified atom stereocenters. The largest absolute Gasteiger partial charge is 0.377 e. The number of rotatable bonds is 11. The van der Waals surface area contributed by atoms with Crippen LogP contribution >= 0.6 is 0 Å². The van der Waals surface area contributed by atoms with Gasteiger partial charge in [0.15, 0.2) is 0 Å². The van der Waals surface area contributed by atoms with E-state index in [9.17, 15) is 0 Å². The Morgan fingerprint density at radius 2 is 1.58 bits per heavy atom. The quantitative estimate of drug-likeness (QED) is 0.480. The first-order valence-electron chi connectivity index (χ1n) is 7.73. The second kappa shape index (κ2) is 12.0. The van der Waals surface area contributed by atoms with E-state index in [0.717, 1.165) is 13.2 Å². The molecule has 0 spiro atoms. The molecule has 1 aromatic carbocycles. The van der Waals surface area contributed by atoms with E-state index in [-0.39, 0.29) is 0 Å². The number of benzene rings is 1. The van der Waals surface area contributed by atoms with Gasteiger partial charge in [0.25, 0.3) is 0 Å². The highest BCUT2D eigenvalue weighted by atomic mass is 16.5. The zero-order valence-electron chi connectivity index (χ0n) is 12.3. The fraction of sp³-hybridized carbons (Fsp3) is 0.556. The Bertz CT molecular complexity index is 316. The lowest BCUT2D eigenvalue weighted by Gasteiger charge is -2.02. The lowest BCUT2D eigenvalue weighted by atomic mass is 10.1. The molecule has 106 valence electrons. The Morgan fingerprint density at radius 1 is 0.895 bits per heavy atom. The van der Waals surface area contributed by atoms with E-state index < -0.39 is 0 Å². The molecule has 0 N–H and O–H groups in total. The van der Waals surface area contributed by atoms with Crippen molar-refractivity contribution in [3.8, 4) is 0 Å². The van der Waals surface area contributed by atoms with Crippen molar-refractivity contribution >= 4 is 6.08 Å². The van der Waals surface area contributed by atoms with E-state index in [1.165, 1.54) is 50.5 Å². The van der Waals surface area contributed by atoms with Gasteiger partial charge in [-0.3, -0.25) is 0 Å². The van der Waals surface area contributed by atoms with Crippen LogP contribution in [0.25, 0.3) is 6.08 Å². The topological polar surface area (TPSA) is 9.23 Å². The molecule has 0 radical (unpaired) electrons. The van der Waals surface area contributed by atoms with Crippen molar-refractivity contribution in [3.05, 3.63) is 42.0 Å². The van der Waals surface area contributed by atoms with Crippen LogP contribution in [0.2, 0.25) is 0 Å². The summed E-state index contributed by atoms with van der Waals surface area (Å²) >= 11 is 0. The number of hydrogen-bond donors (Lipinski definition) is 0. The molecular weight excluding hydrogens is 232 g/mol. The Labute approximate surface area is 118 Å². The highest BCUT2D eigenvalue weighted by Gasteiger charge is 1.91. The minimum absolute atomic E-state index is 0.727. The van der Waals surface area contributed by atoms with Gasteiger partial charge in [0.2, 0.25) is 0 Å². The Balaban J connectivity index is 1.87. The van der Waals surface area contributed by atoms with Crippen molar-refractivity contribution in [2.45, 2.75) is 51.9 Å². The molecule has 0 saturated carbocycles. The Morgan fingerprint density at radius 3 is 2.32 bits per heavy atom. The molecule has 0 aliphatic heterocycles. The maximum atomic E-state index is 5.60. The molecule has 0 aromatic heterocycles. The predicted octanol–water partition coefficient (Wildman–Crippen LogP) is 5.47. The Hall–Kier alpha value is -1.08. The maximum absolute atomic E-state index is 5.60. The van der Waals surface area contributed by atoms with Crippen LogP contribution in [0.4, 0.5) is 0 Å². The van der Waals surface area contributed by atoms with Gasteiger partial charge in [0.1, 0.15) is 0 Å². The van der Waals surface area contributed by atoms with E-state index in [0.29, 0.717) is 0 Å². The van der Waals surface area contributed by atoms with Gasteiger partial charge in [-0.2, -0.15) is 0 Å². The number of hydrogen-bond acceptors (Lipinski definition) is 1. The normalized spacial score (nSPS) is 11.2. The van der Waals surface area contributed by atoms with Gasteiger partial charge in [-0.05, 0) is 12.0 Å². The zero-order chi connectivity index (χ0) is 13.6. The third-order valence-corrected chi connectivity index (χ3v) is 3.22.